The van der Waals surface area contributed by atoms with E-state index in [2.05, 4.69) is 38.5 Å². The molecule has 3 rings (SSSR count). The molecule has 0 unspecified atom stereocenters. The van der Waals surface area contributed by atoms with E-state index in [1.807, 2.05) is 19.1 Å². The van der Waals surface area contributed by atoms with Gasteiger partial charge in [-0.3, -0.25) is 9.78 Å². The van der Waals surface area contributed by atoms with Gasteiger partial charge in [0.2, 0.25) is 5.95 Å². The fourth-order valence-electron chi connectivity index (χ4n) is 3.10. The summed E-state index contributed by atoms with van der Waals surface area (Å²) in [6.07, 6.45) is 2.27. The average Bonchev–Trinajstić information content (AvgIpc) is 2.65. The van der Waals surface area contributed by atoms with Gasteiger partial charge in [-0.25, -0.2) is 4.98 Å². The van der Waals surface area contributed by atoms with E-state index < -0.39 is 0 Å². The lowest BCUT2D eigenvalue weighted by Gasteiger charge is -2.36. The second-order valence-corrected chi connectivity index (χ2v) is 6.12. The second-order valence-electron chi connectivity index (χ2n) is 6.12. The summed E-state index contributed by atoms with van der Waals surface area (Å²) in [5, 5.41) is 0. The molecule has 6 heteroatoms. The molecule has 0 radical (unpaired) electrons. The molecule has 0 bridgehead atoms. The highest BCUT2D eigenvalue weighted by atomic mass is 16.5. The van der Waals surface area contributed by atoms with Gasteiger partial charge < -0.3 is 14.5 Å². The van der Waals surface area contributed by atoms with Gasteiger partial charge in [0, 0.05) is 37.4 Å². The molecular formula is C19H24N4O2. The van der Waals surface area contributed by atoms with Crippen molar-refractivity contribution in [1.82, 2.24) is 9.97 Å². The lowest BCUT2D eigenvalue weighted by molar-refractivity contribution is 0.415. The lowest BCUT2D eigenvalue weighted by Crippen LogP contribution is -2.47. The van der Waals surface area contributed by atoms with Crippen LogP contribution in [0.25, 0.3) is 0 Å². The molecule has 0 spiro atoms. The molecule has 0 atom stereocenters. The number of aromatic nitrogens is 2. The topological polar surface area (TPSA) is 61.5 Å². The Balaban J connectivity index is 1.69. The Morgan fingerprint density at radius 3 is 2.40 bits per heavy atom. The zero-order chi connectivity index (χ0) is 17.8. The van der Waals surface area contributed by atoms with Gasteiger partial charge in [-0.05, 0) is 37.6 Å². The van der Waals surface area contributed by atoms with Crippen molar-refractivity contribution in [3.05, 3.63) is 58.5 Å². The number of aryl methyl sites for hydroxylation is 1. The third kappa shape index (κ3) is 3.68. The van der Waals surface area contributed by atoms with E-state index in [1.54, 1.807) is 13.2 Å². The number of nitrogens with one attached hydrogen (secondary N) is 1. The largest absolute Gasteiger partial charge is 0.497 e. The molecule has 1 aliphatic heterocycles. The van der Waals surface area contributed by atoms with Gasteiger partial charge >= 0.3 is 0 Å². The molecule has 0 saturated carbocycles. The van der Waals surface area contributed by atoms with E-state index in [4.69, 9.17) is 4.74 Å². The Morgan fingerprint density at radius 2 is 1.84 bits per heavy atom. The predicted molar refractivity (Wildman–Crippen MR) is 101 cm³/mol. The van der Waals surface area contributed by atoms with Crippen molar-refractivity contribution in [2.75, 3.05) is 43.1 Å². The van der Waals surface area contributed by atoms with E-state index in [-0.39, 0.29) is 5.56 Å². The van der Waals surface area contributed by atoms with Crippen molar-refractivity contribution in [1.29, 1.82) is 0 Å². The van der Waals surface area contributed by atoms with Crippen LogP contribution in [0.5, 0.6) is 5.75 Å². The number of nitrogens with zero attached hydrogens (tertiary/aromatic N) is 3. The van der Waals surface area contributed by atoms with Crippen LogP contribution in [0, 0.1) is 6.92 Å². The lowest BCUT2D eigenvalue weighted by atomic mass is 10.2. The van der Waals surface area contributed by atoms with Crippen LogP contribution in [-0.2, 0) is 6.42 Å². The van der Waals surface area contributed by atoms with Crippen LogP contribution in [0.15, 0.2) is 41.7 Å². The summed E-state index contributed by atoms with van der Waals surface area (Å²) < 4.78 is 5.21. The smallest absolute Gasteiger partial charge is 0.256 e. The molecule has 1 aromatic heterocycles. The molecule has 1 fully saturated rings. The first kappa shape index (κ1) is 17.1. The van der Waals surface area contributed by atoms with Gasteiger partial charge in [0.25, 0.3) is 5.56 Å². The molecule has 0 amide bonds. The van der Waals surface area contributed by atoms with E-state index in [0.717, 1.165) is 37.6 Å². The van der Waals surface area contributed by atoms with Crippen LogP contribution >= 0.6 is 0 Å². The summed E-state index contributed by atoms with van der Waals surface area (Å²) in [5.41, 5.74) is 2.58. The predicted octanol–water partition coefficient (Wildman–Crippen LogP) is 2.14. The molecule has 2 heterocycles. The average molecular weight is 340 g/mol. The Labute approximate surface area is 147 Å². The Bertz CT molecular complexity index is 790. The number of piperazine rings is 1. The first-order valence-electron chi connectivity index (χ1n) is 8.47. The van der Waals surface area contributed by atoms with E-state index in [1.165, 1.54) is 5.69 Å². The number of aromatic amines is 1. The number of benzene rings is 1. The maximum atomic E-state index is 12.2. The maximum absolute atomic E-state index is 12.2. The van der Waals surface area contributed by atoms with Crippen molar-refractivity contribution in [2.24, 2.45) is 0 Å². The molecule has 1 aromatic carbocycles. The van der Waals surface area contributed by atoms with Crippen LogP contribution in [0.2, 0.25) is 0 Å². The van der Waals surface area contributed by atoms with Gasteiger partial charge in [-0.1, -0.05) is 6.08 Å². The number of ether oxygens (including phenoxy) is 1. The van der Waals surface area contributed by atoms with Crippen LogP contribution in [0.1, 0.15) is 11.3 Å². The minimum Gasteiger partial charge on any atom is -0.497 e. The maximum Gasteiger partial charge on any atom is 0.256 e. The van der Waals surface area contributed by atoms with Gasteiger partial charge in [0.1, 0.15) is 5.75 Å². The summed E-state index contributed by atoms with van der Waals surface area (Å²) in [4.78, 5) is 24.2. The van der Waals surface area contributed by atoms with Crippen LogP contribution in [-0.4, -0.2) is 43.3 Å². The first-order valence-corrected chi connectivity index (χ1v) is 8.47. The molecule has 25 heavy (non-hydrogen) atoms. The molecule has 1 aliphatic rings. The van der Waals surface area contributed by atoms with Gasteiger partial charge in [-0.15, -0.1) is 6.58 Å². The standard InChI is InChI=1S/C19H24N4O2/c1-4-5-17-14(2)20-19(21-18(17)24)23-12-10-22(11-13-23)15-6-8-16(25-3)9-7-15/h4,6-9H,1,5,10-13H2,2-3H3,(H,20,21,24). The van der Waals surface area contributed by atoms with Crippen molar-refractivity contribution in [2.45, 2.75) is 13.3 Å². The fraction of sp³-hybridized carbons (Fsp3) is 0.368. The summed E-state index contributed by atoms with van der Waals surface area (Å²) in [7, 11) is 1.67. The normalized spacial score (nSPS) is 14.5. The Kier molecular flexibility index (Phi) is 5.07. The SMILES string of the molecule is C=CCc1c(C)nc(N2CCN(c3ccc(OC)cc3)CC2)[nH]c1=O. The van der Waals surface area contributed by atoms with Crippen molar-refractivity contribution >= 4 is 11.6 Å². The molecule has 132 valence electrons. The number of hydrogen-bond acceptors (Lipinski definition) is 5. The van der Waals surface area contributed by atoms with Crippen molar-refractivity contribution in [3.63, 3.8) is 0 Å². The van der Waals surface area contributed by atoms with Crippen LogP contribution in [0.3, 0.4) is 0 Å². The third-order valence-electron chi connectivity index (χ3n) is 4.58. The summed E-state index contributed by atoms with van der Waals surface area (Å²) in [6, 6.07) is 8.09. The van der Waals surface area contributed by atoms with E-state index in [0.29, 0.717) is 17.9 Å². The molecule has 1 saturated heterocycles. The van der Waals surface area contributed by atoms with E-state index >= 15 is 0 Å². The molecule has 2 aromatic rings. The fourth-order valence-corrected chi connectivity index (χ4v) is 3.10. The quantitative estimate of drug-likeness (QED) is 0.845. The van der Waals surface area contributed by atoms with Gasteiger partial charge in [-0.2, -0.15) is 0 Å². The second kappa shape index (κ2) is 7.42. The van der Waals surface area contributed by atoms with Crippen LogP contribution < -0.4 is 20.1 Å². The van der Waals surface area contributed by atoms with E-state index in [9.17, 15) is 4.79 Å². The number of methoxy groups -OCH3 is 1. The highest BCUT2D eigenvalue weighted by Gasteiger charge is 2.20. The van der Waals surface area contributed by atoms with Crippen LogP contribution in [0.4, 0.5) is 11.6 Å². The Hall–Kier alpha value is -2.76. The highest BCUT2D eigenvalue weighted by molar-refractivity contribution is 5.50. The number of hydrogen-bond donors (Lipinski definition) is 1. The highest BCUT2D eigenvalue weighted by Crippen LogP contribution is 2.21. The zero-order valence-corrected chi connectivity index (χ0v) is 14.8. The minimum atomic E-state index is -0.0695. The van der Waals surface area contributed by atoms with Gasteiger partial charge in [0.15, 0.2) is 0 Å². The zero-order valence-electron chi connectivity index (χ0n) is 14.8. The minimum absolute atomic E-state index is 0.0695. The first-order chi connectivity index (χ1) is 12.1. The molecule has 6 nitrogen and oxygen atoms in total. The summed E-state index contributed by atoms with van der Waals surface area (Å²) in [6.45, 7) is 8.96. The number of allylic oxidation sites excluding steroid dienone is 1. The van der Waals surface area contributed by atoms with Crippen molar-refractivity contribution < 1.29 is 4.74 Å². The summed E-state index contributed by atoms with van der Waals surface area (Å²) in [5.74, 6) is 1.52. The summed E-state index contributed by atoms with van der Waals surface area (Å²) >= 11 is 0. The Morgan fingerprint density at radius 1 is 1.20 bits per heavy atom. The third-order valence-corrected chi connectivity index (χ3v) is 4.58. The number of anilines is 2. The van der Waals surface area contributed by atoms with Crippen molar-refractivity contribution in [3.8, 4) is 5.75 Å². The monoisotopic (exact) mass is 340 g/mol. The molecule has 0 aliphatic carbocycles. The van der Waals surface area contributed by atoms with Gasteiger partial charge in [0.05, 0.1) is 12.8 Å². The molecule has 1 N–H and O–H groups in total. The number of rotatable bonds is 5. The number of H-pyrrole nitrogens is 1. The molecular weight excluding hydrogens is 316 g/mol.